The maximum Gasteiger partial charge on any atom is 0.0706 e. The van der Waals surface area contributed by atoms with Gasteiger partial charge in [0, 0.05) is 25.2 Å². The minimum Gasteiger partial charge on any atom is -0.374 e. The van der Waals surface area contributed by atoms with Gasteiger partial charge in [-0.3, -0.25) is 4.90 Å². The molecule has 2 aliphatic heterocycles. The van der Waals surface area contributed by atoms with E-state index < -0.39 is 0 Å². The Morgan fingerprint density at radius 3 is 2.56 bits per heavy atom. The van der Waals surface area contributed by atoms with Crippen molar-refractivity contribution in [2.45, 2.75) is 76.2 Å². The molecule has 1 aliphatic carbocycles. The Kier molecular flexibility index (Phi) is 4.22. The van der Waals surface area contributed by atoms with Gasteiger partial charge in [-0.2, -0.15) is 0 Å². The molecule has 3 aliphatic rings. The Labute approximate surface area is 111 Å². The van der Waals surface area contributed by atoms with Crippen molar-refractivity contribution < 1.29 is 4.74 Å². The van der Waals surface area contributed by atoms with Crippen LogP contribution in [0.15, 0.2) is 0 Å². The van der Waals surface area contributed by atoms with Crippen molar-refractivity contribution in [2.75, 3.05) is 19.6 Å². The first-order valence-electron chi connectivity index (χ1n) is 7.94. The fourth-order valence-corrected chi connectivity index (χ4v) is 3.46. The molecule has 104 valence electrons. The standard InChI is InChI=1S/C15H28N2O/c1-12-5-8-15(18-12)11-17(14-6-7-14)10-13-4-2-3-9-16-13/h12-16H,2-11H2,1H3. The SMILES string of the molecule is CC1CCC(CN(CC2CCCCN2)C2CC2)O1. The van der Waals surface area contributed by atoms with Crippen LogP contribution in [-0.2, 0) is 4.74 Å². The molecule has 18 heavy (non-hydrogen) atoms. The second-order valence-electron chi connectivity index (χ2n) is 6.48. The highest BCUT2D eigenvalue weighted by Gasteiger charge is 2.34. The van der Waals surface area contributed by atoms with E-state index in [0.717, 1.165) is 12.1 Å². The van der Waals surface area contributed by atoms with Crippen LogP contribution in [0.4, 0.5) is 0 Å². The molecular weight excluding hydrogens is 224 g/mol. The van der Waals surface area contributed by atoms with E-state index >= 15 is 0 Å². The summed E-state index contributed by atoms with van der Waals surface area (Å²) < 4.78 is 6.00. The summed E-state index contributed by atoms with van der Waals surface area (Å²) in [6.45, 7) is 5.86. The van der Waals surface area contributed by atoms with Gasteiger partial charge in [-0.25, -0.2) is 0 Å². The van der Waals surface area contributed by atoms with Crippen LogP contribution in [0.2, 0.25) is 0 Å². The summed E-state index contributed by atoms with van der Waals surface area (Å²) in [5.74, 6) is 0. The van der Waals surface area contributed by atoms with E-state index in [1.165, 1.54) is 64.6 Å². The molecule has 3 atom stereocenters. The van der Waals surface area contributed by atoms with E-state index in [-0.39, 0.29) is 0 Å². The highest BCUT2D eigenvalue weighted by Crippen LogP contribution is 2.30. The van der Waals surface area contributed by atoms with Gasteiger partial charge in [0.2, 0.25) is 0 Å². The van der Waals surface area contributed by atoms with E-state index in [4.69, 9.17) is 4.74 Å². The number of piperidine rings is 1. The molecule has 3 fully saturated rings. The largest absolute Gasteiger partial charge is 0.374 e. The van der Waals surface area contributed by atoms with Crippen molar-refractivity contribution in [3.8, 4) is 0 Å². The fourth-order valence-electron chi connectivity index (χ4n) is 3.46. The number of ether oxygens (including phenoxy) is 1. The fraction of sp³-hybridized carbons (Fsp3) is 1.00. The monoisotopic (exact) mass is 252 g/mol. The normalized spacial score (nSPS) is 37.3. The van der Waals surface area contributed by atoms with Gasteiger partial charge in [0.25, 0.3) is 0 Å². The van der Waals surface area contributed by atoms with Crippen LogP contribution in [0.1, 0.15) is 51.9 Å². The molecule has 2 heterocycles. The lowest BCUT2D eigenvalue weighted by atomic mass is 10.0. The first kappa shape index (κ1) is 12.9. The topological polar surface area (TPSA) is 24.5 Å². The minimum absolute atomic E-state index is 0.490. The molecule has 3 nitrogen and oxygen atoms in total. The summed E-state index contributed by atoms with van der Waals surface area (Å²) in [5.41, 5.74) is 0. The second-order valence-corrected chi connectivity index (χ2v) is 6.48. The number of rotatable bonds is 5. The second kappa shape index (κ2) is 5.89. The molecule has 0 amide bonds. The molecule has 0 radical (unpaired) electrons. The highest BCUT2D eigenvalue weighted by atomic mass is 16.5. The molecule has 3 unspecified atom stereocenters. The molecule has 0 bridgehead atoms. The van der Waals surface area contributed by atoms with Crippen molar-refractivity contribution in [3.05, 3.63) is 0 Å². The van der Waals surface area contributed by atoms with Crippen LogP contribution in [-0.4, -0.2) is 48.8 Å². The Balaban J connectivity index is 1.48. The van der Waals surface area contributed by atoms with Crippen molar-refractivity contribution >= 4 is 0 Å². The molecule has 3 rings (SSSR count). The van der Waals surface area contributed by atoms with Crippen LogP contribution >= 0.6 is 0 Å². The Morgan fingerprint density at radius 1 is 1.06 bits per heavy atom. The average Bonchev–Trinajstić information content (AvgIpc) is 3.15. The molecule has 0 aromatic rings. The van der Waals surface area contributed by atoms with Crippen molar-refractivity contribution in [2.24, 2.45) is 0 Å². The summed E-state index contributed by atoms with van der Waals surface area (Å²) in [7, 11) is 0. The van der Waals surface area contributed by atoms with Crippen LogP contribution in [0.25, 0.3) is 0 Å². The average molecular weight is 252 g/mol. The number of nitrogens with one attached hydrogen (secondary N) is 1. The smallest absolute Gasteiger partial charge is 0.0706 e. The van der Waals surface area contributed by atoms with E-state index in [0.29, 0.717) is 12.2 Å². The van der Waals surface area contributed by atoms with Crippen LogP contribution < -0.4 is 5.32 Å². The molecule has 0 spiro atoms. The first-order chi connectivity index (χ1) is 8.81. The molecule has 3 heteroatoms. The number of hydrogen-bond acceptors (Lipinski definition) is 3. The van der Waals surface area contributed by atoms with Gasteiger partial charge in [0.1, 0.15) is 0 Å². The van der Waals surface area contributed by atoms with Gasteiger partial charge in [-0.1, -0.05) is 6.42 Å². The highest BCUT2D eigenvalue weighted by molar-refractivity contribution is 4.90. The zero-order valence-corrected chi connectivity index (χ0v) is 11.7. The van der Waals surface area contributed by atoms with E-state index in [2.05, 4.69) is 17.1 Å². The van der Waals surface area contributed by atoms with Gasteiger partial charge in [0.05, 0.1) is 12.2 Å². The first-order valence-corrected chi connectivity index (χ1v) is 7.94. The Morgan fingerprint density at radius 2 is 1.94 bits per heavy atom. The van der Waals surface area contributed by atoms with Gasteiger partial charge < -0.3 is 10.1 Å². The molecule has 1 saturated carbocycles. The summed E-state index contributed by atoms with van der Waals surface area (Å²) in [5, 5.41) is 3.68. The third-order valence-corrected chi connectivity index (χ3v) is 4.69. The number of hydrogen-bond donors (Lipinski definition) is 1. The molecule has 2 saturated heterocycles. The lowest BCUT2D eigenvalue weighted by Gasteiger charge is -2.32. The Bertz CT molecular complexity index is 254. The maximum absolute atomic E-state index is 6.00. The molecule has 0 aromatic heterocycles. The van der Waals surface area contributed by atoms with Crippen LogP contribution in [0.5, 0.6) is 0 Å². The number of nitrogens with zero attached hydrogens (tertiary/aromatic N) is 1. The summed E-state index contributed by atoms with van der Waals surface area (Å²) in [6, 6.07) is 1.60. The summed E-state index contributed by atoms with van der Waals surface area (Å²) in [6.07, 6.45) is 10.5. The Hall–Kier alpha value is -0.120. The van der Waals surface area contributed by atoms with E-state index in [1.54, 1.807) is 0 Å². The van der Waals surface area contributed by atoms with Gasteiger partial charge in [-0.05, 0) is 52.0 Å². The van der Waals surface area contributed by atoms with Gasteiger partial charge >= 0.3 is 0 Å². The molecular formula is C15H28N2O. The van der Waals surface area contributed by atoms with Crippen LogP contribution in [0.3, 0.4) is 0 Å². The lowest BCUT2D eigenvalue weighted by molar-refractivity contribution is 0.0268. The predicted octanol–water partition coefficient (Wildman–Crippen LogP) is 2.16. The summed E-state index contributed by atoms with van der Waals surface area (Å²) in [4.78, 5) is 2.71. The molecule has 0 aromatic carbocycles. The minimum atomic E-state index is 0.490. The van der Waals surface area contributed by atoms with Gasteiger partial charge in [-0.15, -0.1) is 0 Å². The maximum atomic E-state index is 6.00. The summed E-state index contributed by atoms with van der Waals surface area (Å²) >= 11 is 0. The van der Waals surface area contributed by atoms with E-state index in [9.17, 15) is 0 Å². The van der Waals surface area contributed by atoms with Gasteiger partial charge in [0.15, 0.2) is 0 Å². The van der Waals surface area contributed by atoms with Crippen molar-refractivity contribution in [1.82, 2.24) is 10.2 Å². The third kappa shape index (κ3) is 3.46. The van der Waals surface area contributed by atoms with Crippen molar-refractivity contribution in [3.63, 3.8) is 0 Å². The quantitative estimate of drug-likeness (QED) is 0.811. The predicted molar refractivity (Wildman–Crippen MR) is 73.8 cm³/mol. The van der Waals surface area contributed by atoms with Crippen LogP contribution in [0, 0.1) is 0 Å². The zero-order chi connectivity index (χ0) is 12.4. The lowest BCUT2D eigenvalue weighted by Crippen LogP contribution is -2.46. The zero-order valence-electron chi connectivity index (χ0n) is 11.7. The third-order valence-electron chi connectivity index (χ3n) is 4.69. The van der Waals surface area contributed by atoms with Crippen molar-refractivity contribution in [1.29, 1.82) is 0 Å². The molecule has 1 N–H and O–H groups in total. The van der Waals surface area contributed by atoms with E-state index in [1.807, 2.05) is 0 Å².